The quantitative estimate of drug-likeness (QED) is 0.563. The van der Waals surface area contributed by atoms with Crippen molar-refractivity contribution in [3.8, 4) is 23.3 Å². The largest absolute Gasteiger partial charge is 0.494 e. The van der Waals surface area contributed by atoms with E-state index in [4.69, 9.17) is 14.2 Å². The first-order valence-corrected chi connectivity index (χ1v) is 8.58. The summed E-state index contributed by atoms with van der Waals surface area (Å²) >= 11 is 0. The van der Waals surface area contributed by atoms with Crippen LogP contribution >= 0.6 is 0 Å². The number of rotatable bonds is 8. The second-order valence-electron chi connectivity index (χ2n) is 5.43. The number of nitrogens with one attached hydrogen (secondary N) is 1. The van der Waals surface area contributed by atoms with Gasteiger partial charge in [-0.3, -0.25) is 4.79 Å². The Bertz CT molecular complexity index is 869. The van der Waals surface area contributed by atoms with Crippen molar-refractivity contribution in [1.29, 1.82) is 5.26 Å². The zero-order valence-corrected chi connectivity index (χ0v) is 15.6. The van der Waals surface area contributed by atoms with E-state index in [0.717, 1.165) is 0 Å². The molecule has 0 atom stereocenters. The Kier molecular flexibility index (Phi) is 7.26. The minimum Gasteiger partial charge on any atom is -0.494 e. The van der Waals surface area contributed by atoms with Gasteiger partial charge >= 0.3 is 0 Å². The minimum atomic E-state index is -0.501. The van der Waals surface area contributed by atoms with Crippen LogP contribution in [0, 0.1) is 11.3 Å². The number of ether oxygens (including phenoxy) is 3. The van der Waals surface area contributed by atoms with Crippen LogP contribution in [-0.2, 0) is 4.79 Å². The van der Waals surface area contributed by atoms with E-state index in [1.165, 1.54) is 13.2 Å². The van der Waals surface area contributed by atoms with Crippen molar-refractivity contribution in [2.45, 2.75) is 13.8 Å². The Hall–Kier alpha value is -3.46. The molecule has 0 heterocycles. The van der Waals surface area contributed by atoms with Gasteiger partial charge in [0.25, 0.3) is 5.91 Å². The zero-order chi connectivity index (χ0) is 19.6. The lowest BCUT2D eigenvalue weighted by Gasteiger charge is -2.10. The molecule has 2 aromatic rings. The highest BCUT2D eigenvalue weighted by Crippen LogP contribution is 2.29. The Morgan fingerprint density at radius 1 is 1.11 bits per heavy atom. The first kappa shape index (κ1) is 19.9. The molecule has 2 aromatic carbocycles. The number of hydrogen-bond acceptors (Lipinski definition) is 5. The maximum absolute atomic E-state index is 12.4. The monoisotopic (exact) mass is 366 g/mol. The van der Waals surface area contributed by atoms with E-state index in [2.05, 4.69) is 5.32 Å². The smallest absolute Gasteiger partial charge is 0.266 e. The van der Waals surface area contributed by atoms with Crippen LogP contribution in [0.15, 0.2) is 48.0 Å². The molecule has 0 unspecified atom stereocenters. The molecule has 27 heavy (non-hydrogen) atoms. The molecule has 0 saturated carbocycles. The Balaban J connectivity index is 2.21. The third kappa shape index (κ3) is 5.51. The van der Waals surface area contributed by atoms with Crippen LogP contribution in [0.3, 0.4) is 0 Å². The van der Waals surface area contributed by atoms with E-state index in [9.17, 15) is 10.1 Å². The number of nitrogens with zero attached hydrogens (tertiary/aromatic N) is 1. The van der Waals surface area contributed by atoms with E-state index >= 15 is 0 Å². The summed E-state index contributed by atoms with van der Waals surface area (Å²) in [6.45, 7) is 4.80. The van der Waals surface area contributed by atoms with Gasteiger partial charge in [0.15, 0.2) is 11.5 Å². The van der Waals surface area contributed by atoms with Gasteiger partial charge in [-0.05, 0) is 49.8 Å². The molecule has 0 spiro atoms. The topological polar surface area (TPSA) is 80.6 Å². The maximum Gasteiger partial charge on any atom is 0.266 e. The van der Waals surface area contributed by atoms with Crippen LogP contribution in [0.5, 0.6) is 17.2 Å². The summed E-state index contributed by atoms with van der Waals surface area (Å²) in [6, 6.07) is 14.2. The van der Waals surface area contributed by atoms with E-state index in [1.807, 2.05) is 19.9 Å². The Labute approximate surface area is 159 Å². The van der Waals surface area contributed by atoms with Crippen LogP contribution in [0.1, 0.15) is 19.4 Å². The lowest BCUT2D eigenvalue weighted by molar-refractivity contribution is -0.112. The summed E-state index contributed by atoms with van der Waals surface area (Å²) in [6.07, 6.45) is 1.50. The predicted molar refractivity (Wildman–Crippen MR) is 104 cm³/mol. The fraction of sp³-hybridized carbons (Fsp3) is 0.238. The summed E-state index contributed by atoms with van der Waals surface area (Å²) in [5.74, 6) is 1.29. The molecule has 0 aliphatic carbocycles. The molecular weight excluding hydrogens is 344 g/mol. The molecule has 0 fully saturated rings. The second-order valence-corrected chi connectivity index (χ2v) is 5.43. The standard InChI is InChI=1S/C21H22N2O4/c1-4-26-18-8-6-7-17(13-18)23-21(24)16(14-22)11-15-9-10-19(27-5-2)20(12-15)25-3/h6-13H,4-5H2,1-3H3,(H,23,24)/b16-11-. The highest BCUT2D eigenvalue weighted by molar-refractivity contribution is 6.09. The van der Waals surface area contributed by atoms with Gasteiger partial charge in [-0.1, -0.05) is 12.1 Å². The second kappa shape index (κ2) is 9.88. The van der Waals surface area contributed by atoms with Crippen molar-refractivity contribution in [2.75, 3.05) is 25.6 Å². The fourth-order valence-corrected chi connectivity index (χ4v) is 2.39. The molecule has 6 heteroatoms. The highest BCUT2D eigenvalue weighted by atomic mass is 16.5. The lowest BCUT2D eigenvalue weighted by atomic mass is 10.1. The minimum absolute atomic E-state index is 0.0250. The van der Waals surface area contributed by atoms with Gasteiger partial charge in [-0.15, -0.1) is 0 Å². The molecule has 1 N–H and O–H groups in total. The van der Waals surface area contributed by atoms with Crippen LogP contribution < -0.4 is 19.5 Å². The third-order valence-electron chi connectivity index (χ3n) is 3.57. The normalized spacial score (nSPS) is 10.7. The molecule has 1 amide bonds. The average molecular weight is 366 g/mol. The van der Waals surface area contributed by atoms with Crippen LogP contribution in [-0.4, -0.2) is 26.2 Å². The molecule has 0 bridgehead atoms. The number of amides is 1. The van der Waals surface area contributed by atoms with Crippen molar-refractivity contribution in [3.05, 3.63) is 53.6 Å². The summed E-state index contributed by atoms with van der Waals surface area (Å²) < 4.78 is 16.2. The van der Waals surface area contributed by atoms with E-state index < -0.39 is 5.91 Å². The van der Waals surface area contributed by atoms with Crippen LogP contribution in [0.2, 0.25) is 0 Å². The molecule has 0 radical (unpaired) electrons. The number of hydrogen-bond donors (Lipinski definition) is 1. The van der Waals surface area contributed by atoms with Gasteiger partial charge in [-0.2, -0.15) is 5.26 Å². The van der Waals surface area contributed by atoms with Crippen molar-refractivity contribution < 1.29 is 19.0 Å². The molecular formula is C21H22N2O4. The van der Waals surface area contributed by atoms with E-state index in [0.29, 0.717) is 41.7 Å². The average Bonchev–Trinajstić information content (AvgIpc) is 2.67. The summed E-state index contributed by atoms with van der Waals surface area (Å²) in [5.41, 5.74) is 1.18. The van der Waals surface area contributed by atoms with Crippen molar-refractivity contribution in [1.82, 2.24) is 0 Å². The van der Waals surface area contributed by atoms with Gasteiger partial charge in [0, 0.05) is 11.8 Å². The molecule has 0 aliphatic rings. The number of benzene rings is 2. The first-order valence-electron chi connectivity index (χ1n) is 8.58. The number of carbonyl (C=O) groups excluding carboxylic acids is 1. The molecule has 0 aliphatic heterocycles. The maximum atomic E-state index is 12.4. The number of anilines is 1. The fourth-order valence-electron chi connectivity index (χ4n) is 2.39. The Morgan fingerprint density at radius 2 is 1.89 bits per heavy atom. The van der Waals surface area contributed by atoms with Gasteiger partial charge in [0.1, 0.15) is 17.4 Å². The molecule has 2 rings (SSSR count). The van der Waals surface area contributed by atoms with Crippen LogP contribution in [0.4, 0.5) is 5.69 Å². The molecule has 140 valence electrons. The lowest BCUT2D eigenvalue weighted by Crippen LogP contribution is -2.13. The number of nitriles is 1. The van der Waals surface area contributed by atoms with E-state index in [1.54, 1.807) is 42.5 Å². The zero-order valence-electron chi connectivity index (χ0n) is 15.6. The predicted octanol–water partition coefficient (Wildman–Crippen LogP) is 4.04. The van der Waals surface area contributed by atoms with Gasteiger partial charge in [0.2, 0.25) is 0 Å². The van der Waals surface area contributed by atoms with Crippen molar-refractivity contribution >= 4 is 17.7 Å². The number of carbonyl (C=O) groups is 1. The summed E-state index contributed by atoms with van der Waals surface area (Å²) in [4.78, 5) is 12.4. The van der Waals surface area contributed by atoms with Gasteiger partial charge in [0.05, 0.1) is 20.3 Å². The van der Waals surface area contributed by atoms with Crippen molar-refractivity contribution in [2.24, 2.45) is 0 Å². The first-order chi connectivity index (χ1) is 13.1. The number of methoxy groups -OCH3 is 1. The van der Waals surface area contributed by atoms with Crippen molar-refractivity contribution in [3.63, 3.8) is 0 Å². The Morgan fingerprint density at radius 3 is 2.56 bits per heavy atom. The molecule has 0 aromatic heterocycles. The SMILES string of the molecule is CCOc1cccc(NC(=O)/C(C#N)=C\c2ccc(OCC)c(OC)c2)c1. The molecule has 6 nitrogen and oxygen atoms in total. The van der Waals surface area contributed by atoms with Gasteiger partial charge in [-0.25, -0.2) is 0 Å². The van der Waals surface area contributed by atoms with Gasteiger partial charge < -0.3 is 19.5 Å². The van der Waals surface area contributed by atoms with E-state index in [-0.39, 0.29) is 5.57 Å². The highest BCUT2D eigenvalue weighted by Gasteiger charge is 2.11. The molecule has 0 saturated heterocycles. The van der Waals surface area contributed by atoms with Crippen LogP contribution in [0.25, 0.3) is 6.08 Å². The summed E-state index contributed by atoms with van der Waals surface area (Å²) in [7, 11) is 1.54. The summed E-state index contributed by atoms with van der Waals surface area (Å²) in [5, 5.41) is 12.1. The third-order valence-corrected chi connectivity index (χ3v) is 3.57.